The van der Waals surface area contributed by atoms with Crippen LogP contribution in [-0.4, -0.2) is 85.1 Å². The van der Waals surface area contributed by atoms with Gasteiger partial charge < -0.3 is 4.90 Å². The molecule has 0 atom stereocenters. The van der Waals surface area contributed by atoms with Gasteiger partial charge in [0.1, 0.15) is 12.1 Å². The molecule has 3 aromatic rings. The molecular formula is C19H20N8O3S. The van der Waals surface area contributed by atoms with Crippen molar-refractivity contribution in [2.45, 2.75) is 6.54 Å². The predicted molar refractivity (Wildman–Crippen MR) is 112 cm³/mol. The second kappa shape index (κ2) is 7.71. The number of hydrogen-bond acceptors (Lipinski definition) is 9. The van der Waals surface area contributed by atoms with Gasteiger partial charge in [0.2, 0.25) is 0 Å². The Morgan fingerprint density at radius 1 is 1.03 bits per heavy atom. The van der Waals surface area contributed by atoms with Crippen LogP contribution >= 0.6 is 11.3 Å². The number of imide groups is 2. The highest BCUT2D eigenvalue weighted by Gasteiger charge is 2.45. The van der Waals surface area contributed by atoms with E-state index in [2.05, 4.69) is 20.0 Å². The second-order valence-electron chi connectivity index (χ2n) is 7.44. The molecule has 3 aromatic heterocycles. The van der Waals surface area contributed by atoms with E-state index >= 15 is 0 Å². The van der Waals surface area contributed by atoms with Gasteiger partial charge in [-0.25, -0.2) is 19.7 Å². The monoisotopic (exact) mass is 440 g/mol. The lowest BCUT2D eigenvalue weighted by molar-refractivity contribution is -0.144. The number of aromatic nitrogens is 4. The van der Waals surface area contributed by atoms with Crippen LogP contribution in [0.3, 0.4) is 0 Å². The number of fused-ring (bicyclic) bond motifs is 1. The Bertz CT molecular complexity index is 1150. The Morgan fingerprint density at radius 2 is 1.81 bits per heavy atom. The molecular weight excluding hydrogens is 420 g/mol. The third-order valence-corrected chi connectivity index (χ3v) is 6.41. The fourth-order valence-electron chi connectivity index (χ4n) is 3.88. The van der Waals surface area contributed by atoms with Gasteiger partial charge in [0.05, 0.1) is 24.8 Å². The van der Waals surface area contributed by atoms with Crippen LogP contribution in [0.2, 0.25) is 0 Å². The van der Waals surface area contributed by atoms with Crippen LogP contribution in [0.15, 0.2) is 30.0 Å². The molecule has 2 saturated heterocycles. The molecule has 0 unspecified atom stereocenters. The van der Waals surface area contributed by atoms with E-state index in [1.807, 2.05) is 29.5 Å². The molecule has 160 valence electrons. The normalized spacial score (nSPS) is 18.1. The molecule has 0 radical (unpaired) electrons. The Balaban J connectivity index is 1.23. The minimum absolute atomic E-state index is 0.101. The van der Waals surface area contributed by atoms with Crippen molar-refractivity contribution in [3.8, 4) is 0 Å². The fraction of sp³-hybridized carbons (Fsp3) is 0.368. The van der Waals surface area contributed by atoms with Crippen molar-refractivity contribution in [2.24, 2.45) is 7.05 Å². The number of amides is 4. The molecule has 12 heteroatoms. The van der Waals surface area contributed by atoms with Crippen molar-refractivity contribution in [3.05, 3.63) is 34.9 Å². The number of rotatable bonds is 5. The third kappa shape index (κ3) is 3.43. The van der Waals surface area contributed by atoms with Crippen molar-refractivity contribution in [1.82, 2.24) is 34.4 Å². The summed E-state index contributed by atoms with van der Waals surface area (Å²) in [7, 11) is 1.84. The molecule has 0 spiro atoms. The first-order chi connectivity index (χ1) is 15.0. The Morgan fingerprint density at radius 3 is 2.55 bits per heavy atom. The summed E-state index contributed by atoms with van der Waals surface area (Å²) in [5, 5.41) is 7.01. The Labute approximate surface area is 181 Å². The van der Waals surface area contributed by atoms with E-state index in [9.17, 15) is 14.4 Å². The summed E-state index contributed by atoms with van der Waals surface area (Å²) in [5.41, 5.74) is 0.769. The van der Waals surface area contributed by atoms with E-state index in [-0.39, 0.29) is 13.2 Å². The predicted octanol–water partition coefficient (Wildman–Crippen LogP) is 0.495. The van der Waals surface area contributed by atoms with E-state index in [1.54, 1.807) is 10.9 Å². The van der Waals surface area contributed by atoms with Crippen molar-refractivity contribution < 1.29 is 14.4 Å². The highest BCUT2D eigenvalue weighted by molar-refractivity contribution is 7.09. The van der Waals surface area contributed by atoms with Gasteiger partial charge in [-0.05, 0) is 11.4 Å². The van der Waals surface area contributed by atoms with E-state index in [0.29, 0.717) is 26.2 Å². The van der Waals surface area contributed by atoms with Crippen molar-refractivity contribution >= 4 is 46.0 Å². The molecule has 0 aromatic carbocycles. The van der Waals surface area contributed by atoms with Gasteiger partial charge in [-0.2, -0.15) is 5.10 Å². The van der Waals surface area contributed by atoms with Gasteiger partial charge in [-0.1, -0.05) is 6.07 Å². The van der Waals surface area contributed by atoms with E-state index in [4.69, 9.17) is 0 Å². The highest BCUT2D eigenvalue weighted by Crippen LogP contribution is 2.24. The zero-order valence-electron chi connectivity index (χ0n) is 16.8. The lowest BCUT2D eigenvalue weighted by Gasteiger charge is -2.36. The molecule has 0 saturated carbocycles. The first-order valence-corrected chi connectivity index (χ1v) is 10.7. The first kappa shape index (κ1) is 19.6. The minimum atomic E-state index is -0.767. The number of hydrogen-bond donors (Lipinski definition) is 0. The van der Waals surface area contributed by atoms with Crippen LogP contribution in [0.5, 0.6) is 0 Å². The fourth-order valence-corrected chi connectivity index (χ4v) is 4.57. The molecule has 4 amide bonds. The van der Waals surface area contributed by atoms with Gasteiger partial charge in [-0.3, -0.25) is 24.1 Å². The molecule has 31 heavy (non-hydrogen) atoms. The summed E-state index contributed by atoms with van der Waals surface area (Å²) in [6.07, 6.45) is 3.29. The summed E-state index contributed by atoms with van der Waals surface area (Å²) in [6, 6.07) is 3.13. The van der Waals surface area contributed by atoms with Crippen LogP contribution < -0.4 is 4.90 Å². The van der Waals surface area contributed by atoms with Crippen LogP contribution in [0.25, 0.3) is 11.0 Å². The number of anilines is 1. The van der Waals surface area contributed by atoms with Gasteiger partial charge in [-0.15, -0.1) is 11.3 Å². The number of thiophene rings is 1. The standard InChI is InChI=1S/C19H20N8O3S/c1-23-15-14(9-22-23)16(21-11-20-15)25-6-4-24(5-7-25)12-27-18(29)17(28)26(19(27)30)10-13-3-2-8-31-13/h2-3,8-9,11H,4-7,10,12H2,1H3. The number of piperazine rings is 1. The molecule has 11 nitrogen and oxygen atoms in total. The lowest BCUT2D eigenvalue weighted by atomic mass is 10.3. The van der Waals surface area contributed by atoms with Crippen LogP contribution in [-0.2, 0) is 23.2 Å². The number of urea groups is 1. The maximum atomic E-state index is 12.7. The zero-order valence-corrected chi connectivity index (χ0v) is 17.7. The van der Waals surface area contributed by atoms with Gasteiger partial charge in [0.25, 0.3) is 0 Å². The average Bonchev–Trinajstić information content (AvgIpc) is 3.48. The quantitative estimate of drug-likeness (QED) is 0.417. The summed E-state index contributed by atoms with van der Waals surface area (Å²) >= 11 is 1.44. The smallest absolute Gasteiger partial charge is 0.335 e. The maximum absolute atomic E-state index is 12.7. The van der Waals surface area contributed by atoms with Gasteiger partial charge in [0.15, 0.2) is 5.65 Å². The SMILES string of the molecule is Cn1ncc2c(N3CCN(CN4C(=O)C(=O)N(Cc5cccs5)C4=O)CC3)ncnc21. The molecule has 5 rings (SSSR count). The summed E-state index contributed by atoms with van der Waals surface area (Å²) in [5.74, 6) is -0.711. The zero-order chi connectivity index (χ0) is 21.5. The molecule has 2 fully saturated rings. The van der Waals surface area contributed by atoms with Crippen molar-refractivity contribution in [3.63, 3.8) is 0 Å². The topological polar surface area (TPSA) is 108 Å². The molecule has 0 aliphatic carbocycles. The summed E-state index contributed by atoms with van der Waals surface area (Å²) in [4.78, 5) is 53.2. The minimum Gasteiger partial charge on any atom is -0.353 e. The van der Waals surface area contributed by atoms with E-state index < -0.39 is 17.8 Å². The molecule has 0 N–H and O–H groups in total. The summed E-state index contributed by atoms with van der Waals surface area (Å²) in [6.45, 7) is 2.82. The first-order valence-electron chi connectivity index (χ1n) is 9.82. The molecule has 2 aliphatic heterocycles. The number of aryl methyl sites for hydroxylation is 1. The maximum Gasteiger partial charge on any atom is 0.335 e. The van der Waals surface area contributed by atoms with Gasteiger partial charge >= 0.3 is 17.8 Å². The number of carbonyl (C=O) groups is 3. The van der Waals surface area contributed by atoms with Crippen LogP contribution in [0, 0.1) is 0 Å². The van der Waals surface area contributed by atoms with Crippen molar-refractivity contribution in [1.29, 1.82) is 0 Å². The average molecular weight is 440 g/mol. The molecule has 5 heterocycles. The number of carbonyl (C=O) groups excluding carboxylic acids is 3. The largest absolute Gasteiger partial charge is 0.353 e. The van der Waals surface area contributed by atoms with Crippen LogP contribution in [0.4, 0.5) is 10.6 Å². The van der Waals surface area contributed by atoms with Crippen LogP contribution in [0.1, 0.15) is 4.88 Å². The molecule has 0 bridgehead atoms. The Hall–Kier alpha value is -3.38. The Kier molecular flexibility index (Phi) is 4.87. The number of nitrogens with zero attached hydrogens (tertiary/aromatic N) is 8. The highest BCUT2D eigenvalue weighted by atomic mass is 32.1. The van der Waals surface area contributed by atoms with E-state index in [1.165, 1.54) is 17.7 Å². The van der Waals surface area contributed by atoms with Crippen molar-refractivity contribution in [2.75, 3.05) is 37.7 Å². The van der Waals surface area contributed by atoms with E-state index in [0.717, 1.165) is 31.5 Å². The molecule has 2 aliphatic rings. The lowest BCUT2D eigenvalue weighted by Crippen LogP contribution is -2.51. The third-order valence-electron chi connectivity index (χ3n) is 5.55. The second-order valence-corrected chi connectivity index (χ2v) is 8.47. The summed E-state index contributed by atoms with van der Waals surface area (Å²) < 4.78 is 1.71. The van der Waals surface area contributed by atoms with Gasteiger partial charge in [0, 0.05) is 38.1 Å².